The van der Waals surface area contributed by atoms with Gasteiger partial charge in [0.15, 0.2) is 0 Å². The van der Waals surface area contributed by atoms with Gasteiger partial charge in [0, 0.05) is 19.8 Å². The van der Waals surface area contributed by atoms with Gasteiger partial charge >= 0.3 is 5.97 Å². The topological polar surface area (TPSA) is 50.2 Å². The molecule has 0 bridgehead atoms. The molecule has 1 atom stereocenters. The molecule has 3 nitrogen and oxygen atoms in total. The first kappa shape index (κ1) is 15.8. The number of thiophene rings is 2. The summed E-state index contributed by atoms with van der Waals surface area (Å²) in [6, 6.07) is 12.0. The average molecular weight is 392 g/mol. The Labute approximate surface area is 154 Å². The molecular weight excluding hydrogens is 382 g/mol. The molecule has 0 aliphatic heterocycles. The second kappa shape index (κ2) is 6.29. The number of rotatable bonds is 4. The van der Waals surface area contributed by atoms with Crippen LogP contribution in [0, 0.1) is 0 Å². The van der Waals surface area contributed by atoms with E-state index in [9.17, 15) is 9.90 Å². The maximum absolute atomic E-state index is 11.7. The summed E-state index contributed by atoms with van der Waals surface area (Å²) < 4.78 is 1.82. The number of halogens is 1. The Kier molecular flexibility index (Phi) is 4.14. The van der Waals surface area contributed by atoms with Gasteiger partial charge in [0.1, 0.15) is 5.92 Å². The smallest absolute Gasteiger partial charge is 0.317 e. The molecule has 1 unspecified atom stereocenters. The molecule has 0 aliphatic rings. The molecule has 24 heavy (non-hydrogen) atoms. The van der Waals surface area contributed by atoms with Gasteiger partial charge < -0.3 is 5.11 Å². The Morgan fingerprint density at radius 3 is 2.71 bits per heavy atom. The Hall–Kier alpha value is -1.73. The Morgan fingerprint density at radius 1 is 1.17 bits per heavy atom. The second-order valence-corrected chi connectivity index (χ2v) is 8.74. The first-order valence-corrected chi connectivity index (χ1v) is 9.97. The van der Waals surface area contributed by atoms with E-state index in [1.807, 2.05) is 30.3 Å². The van der Waals surface area contributed by atoms with Crippen LogP contribution in [-0.4, -0.2) is 16.1 Å². The molecule has 0 fully saturated rings. The minimum Gasteiger partial charge on any atom is -0.480 e. The maximum atomic E-state index is 11.7. The van der Waals surface area contributed by atoms with E-state index < -0.39 is 11.9 Å². The second-order valence-electron chi connectivity index (χ2n) is 5.19. The fourth-order valence-corrected chi connectivity index (χ4v) is 5.36. The zero-order chi connectivity index (χ0) is 16.7. The lowest BCUT2D eigenvalue weighted by atomic mass is 10.0. The van der Waals surface area contributed by atoms with Gasteiger partial charge in [0.05, 0.1) is 15.5 Å². The number of hydrogen-bond donors (Lipinski definition) is 1. The Balaban J connectivity index is 1.79. The first-order chi connectivity index (χ1) is 11.6. The van der Waals surface area contributed by atoms with Crippen LogP contribution < -0.4 is 0 Å². The van der Waals surface area contributed by atoms with Crippen molar-refractivity contribution >= 4 is 61.7 Å². The van der Waals surface area contributed by atoms with E-state index in [2.05, 4.69) is 11.1 Å². The summed E-state index contributed by atoms with van der Waals surface area (Å²) in [5, 5.41) is 12.5. The molecule has 1 N–H and O–H groups in total. The molecule has 4 rings (SSSR count). The summed E-state index contributed by atoms with van der Waals surface area (Å²) >= 11 is 10.5. The quantitative estimate of drug-likeness (QED) is 0.467. The molecule has 7 heteroatoms. The molecule has 0 saturated heterocycles. The number of carboxylic acids is 1. The van der Waals surface area contributed by atoms with Crippen LogP contribution in [-0.2, 0) is 4.79 Å². The summed E-state index contributed by atoms with van der Waals surface area (Å²) in [5.41, 5.74) is 3.34. The molecule has 0 radical (unpaired) electrons. The average Bonchev–Trinajstić information content (AvgIpc) is 3.26. The first-order valence-electron chi connectivity index (χ1n) is 7.02. The van der Waals surface area contributed by atoms with Gasteiger partial charge in [0.2, 0.25) is 0 Å². The van der Waals surface area contributed by atoms with E-state index in [1.165, 1.54) is 34.0 Å². The van der Waals surface area contributed by atoms with Crippen molar-refractivity contribution in [3.63, 3.8) is 0 Å². The number of nitrogens with zero attached hydrogens (tertiary/aromatic N) is 1. The van der Waals surface area contributed by atoms with Crippen molar-refractivity contribution < 1.29 is 9.90 Å². The van der Waals surface area contributed by atoms with Crippen molar-refractivity contribution in [3.8, 4) is 10.4 Å². The third-order valence-corrected chi connectivity index (χ3v) is 6.74. The number of thiazole rings is 1. The SMILES string of the molecule is O=C(O)C(c1cscn1)c1cc2cc(-c3ccc(Cl)s3)ccc2s1. The van der Waals surface area contributed by atoms with Crippen molar-refractivity contribution in [1.29, 1.82) is 0 Å². The zero-order valence-electron chi connectivity index (χ0n) is 12.1. The molecule has 0 amide bonds. The van der Waals surface area contributed by atoms with Crippen LogP contribution in [0.5, 0.6) is 0 Å². The van der Waals surface area contributed by atoms with Gasteiger partial charge in [-0.15, -0.1) is 34.0 Å². The molecule has 3 heterocycles. The van der Waals surface area contributed by atoms with Crippen LogP contribution in [0.25, 0.3) is 20.5 Å². The number of benzene rings is 1. The van der Waals surface area contributed by atoms with Crippen LogP contribution in [0.1, 0.15) is 16.5 Å². The van der Waals surface area contributed by atoms with Gasteiger partial charge in [-0.05, 0) is 41.3 Å². The lowest BCUT2D eigenvalue weighted by Gasteiger charge is -2.06. The highest BCUT2D eigenvalue weighted by molar-refractivity contribution is 7.20. The highest BCUT2D eigenvalue weighted by atomic mass is 35.5. The van der Waals surface area contributed by atoms with Crippen molar-refractivity contribution in [3.05, 3.63) is 62.2 Å². The van der Waals surface area contributed by atoms with Gasteiger partial charge in [0.25, 0.3) is 0 Å². The summed E-state index contributed by atoms with van der Waals surface area (Å²) in [4.78, 5) is 17.8. The van der Waals surface area contributed by atoms with Crippen molar-refractivity contribution in [1.82, 2.24) is 4.98 Å². The molecule has 3 aromatic heterocycles. The molecular formula is C17H10ClNO2S3. The minimum absolute atomic E-state index is 0.587. The van der Waals surface area contributed by atoms with Crippen LogP contribution in [0.4, 0.5) is 0 Å². The monoisotopic (exact) mass is 391 g/mol. The van der Waals surface area contributed by atoms with Crippen LogP contribution >= 0.6 is 45.6 Å². The third kappa shape index (κ3) is 2.86. The number of carboxylic acid groups (broad SMARTS) is 1. The predicted molar refractivity (Wildman–Crippen MR) is 102 cm³/mol. The highest BCUT2D eigenvalue weighted by Gasteiger charge is 2.26. The van der Waals surface area contributed by atoms with E-state index >= 15 is 0 Å². The number of aliphatic carboxylic acids is 1. The normalized spacial score (nSPS) is 12.5. The van der Waals surface area contributed by atoms with Crippen molar-refractivity contribution in [2.75, 3.05) is 0 Å². The fraction of sp³-hybridized carbons (Fsp3) is 0.0588. The van der Waals surface area contributed by atoms with Gasteiger partial charge in [-0.3, -0.25) is 4.79 Å². The summed E-state index contributed by atoms with van der Waals surface area (Å²) in [6.45, 7) is 0. The Bertz CT molecular complexity index is 1020. The molecule has 0 aliphatic carbocycles. The lowest BCUT2D eigenvalue weighted by Crippen LogP contribution is -2.11. The summed E-state index contributed by atoms with van der Waals surface area (Å²) in [6.07, 6.45) is 0. The number of hydrogen-bond acceptors (Lipinski definition) is 5. The molecule has 0 saturated carbocycles. The number of fused-ring (bicyclic) bond motifs is 1. The van der Waals surface area contributed by atoms with Gasteiger partial charge in [-0.2, -0.15) is 0 Å². The molecule has 1 aromatic carbocycles. The van der Waals surface area contributed by atoms with Crippen LogP contribution in [0.15, 0.2) is 47.3 Å². The summed E-state index contributed by atoms with van der Waals surface area (Å²) in [7, 11) is 0. The van der Waals surface area contributed by atoms with Crippen LogP contribution in [0.2, 0.25) is 4.34 Å². The summed E-state index contributed by atoms with van der Waals surface area (Å²) in [5.74, 6) is -1.59. The van der Waals surface area contributed by atoms with Gasteiger partial charge in [-0.1, -0.05) is 17.7 Å². The van der Waals surface area contributed by atoms with E-state index in [0.717, 1.165) is 29.7 Å². The maximum Gasteiger partial charge on any atom is 0.317 e. The highest BCUT2D eigenvalue weighted by Crippen LogP contribution is 2.38. The van der Waals surface area contributed by atoms with Crippen molar-refractivity contribution in [2.45, 2.75) is 5.92 Å². The van der Waals surface area contributed by atoms with E-state index in [-0.39, 0.29) is 0 Å². The largest absolute Gasteiger partial charge is 0.480 e. The fourth-order valence-electron chi connectivity index (χ4n) is 2.59. The Morgan fingerprint density at radius 2 is 2.04 bits per heavy atom. The molecule has 120 valence electrons. The zero-order valence-corrected chi connectivity index (χ0v) is 15.3. The van der Waals surface area contributed by atoms with E-state index in [4.69, 9.17) is 11.6 Å². The lowest BCUT2D eigenvalue weighted by molar-refractivity contribution is -0.137. The van der Waals surface area contributed by atoms with E-state index in [1.54, 1.807) is 10.9 Å². The molecule has 4 aromatic rings. The van der Waals surface area contributed by atoms with Crippen LogP contribution in [0.3, 0.4) is 0 Å². The van der Waals surface area contributed by atoms with E-state index in [0.29, 0.717) is 5.69 Å². The van der Waals surface area contributed by atoms with Crippen molar-refractivity contribution in [2.24, 2.45) is 0 Å². The number of carbonyl (C=O) groups is 1. The predicted octanol–water partition coefficient (Wildman–Crippen LogP) is 5.96. The minimum atomic E-state index is -0.877. The standard InChI is InChI=1S/C17H10ClNO2S3/c18-15-4-3-12(24-15)9-1-2-13-10(5-9)6-14(23-13)16(17(20)21)11-7-22-8-19-11/h1-8,16H,(H,20,21). The molecule has 0 spiro atoms. The van der Waals surface area contributed by atoms with Gasteiger partial charge in [-0.25, -0.2) is 4.98 Å². The third-order valence-electron chi connectivity index (χ3n) is 3.67. The number of aromatic nitrogens is 1.